The molecule has 0 unspecified atom stereocenters. The number of hydrogen-bond donors (Lipinski definition) is 0. The third kappa shape index (κ3) is 3.49. The van der Waals surface area contributed by atoms with Crippen molar-refractivity contribution in [3.63, 3.8) is 0 Å². The van der Waals surface area contributed by atoms with Crippen LogP contribution in [0.2, 0.25) is 0 Å². The molecular weight excluding hydrogens is 150 g/mol. The highest BCUT2D eigenvalue weighted by atomic mass is 16.2. The Bertz CT molecular complexity index is 198. The lowest BCUT2D eigenvalue weighted by molar-refractivity contribution is 0.186. The first-order chi connectivity index (χ1) is 5.93. The molecule has 2 heteroatoms. The molecule has 0 aliphatic rings. The summed E-state index contributed by atoms with van der Waals surface area (Å²) < 4.78 is 0. The maximum atomic E-state index is 10.1. The third-order valence-corrected chi connectivity index (χ3v) is 1.86. The molecule has 0 fully saturated rings. The summed E-state index contributed by atoms with van der Waals surface area (Å²) in [7, 11) is 0. The lowest BCUT2D eigenvalue weighted by Gasteiger charge is -1.98. The first-order valence-corrected chi connectivity index (χ1v) is 4.40. The van der Waals surface area contributed by atoms with Crippen LogP contribution in [0, 0.1) is 0 Å². The molecule has 1 heterocycles. The Morgan fingerprint density at radius 3 is 2.50 bits per heavy atom. The van der Waals surface area contributed by atoms with E-state index in [0.717, 1.165) is 25.7 Å². The summed E-state index contributed by atoms with van der Waals surface area (Å²) in [5.74, 6) is 0. The average Bonchev–Trinajstić information content (AvgIpc) is 2.14. The van der Waals surface area contributed by atoms with Crippen LogP contribution in [0.1, 0.15) is 24.8 Å². The van der Waals surface area contributed by atoms with Crippen molar-refractivity contribution in [1.82, 2.24) is 4.98 Å². The van der Waals surface area contributed by atoms with Gasteiger partial charge in [0.1, 0.15) is 0 Å². The molecule has 0 amide bonds. The van der Waals surface area contributed by atoms with Crippen molar-refractivity contribution in [2.24, 2.45) is 0 Å². The van der Waals surface area contributed by atoms with Gasteiger partial charge in [-0.05, 0) is 37.0 Å². The molecule has 0 aliphatic carbocycles. The molecule has 0 aromatic carbocycles. The molecule has 1 aromatic heterocycles. The van der Waals surface area contributed by atoms with Crippen LogP contribution in [0.3, 0.4) is 0 Å². The average molecular weight is 164 g/mol. The Morgan fingerprint density at radius 2 is 1.83 bits per heavy atom. The molecule has 0 aliphatic heterocycles. The predicted molar refractivity (Wildman–Crippen MR) is 47.3 cm³/mol. The Labute approximate surface area is 73.3 Å². The SMILES string of the molecule is [O]CCCCCc1ccncc1. The molecule has 12 heavy (non-hydrogen) atoms. The van der Waals surface area contributed by atoms with Gasteiger partial charge in [-0.3, -0.25) is 4.98 Å². The van der Waals surface area contributed by atoms with Crippen LogP contribution in [0.25, 0.3) is 0 Å². The number of hydrogen-bond acceptors (Lipinski definition) is 1. The molecule has 0 saturated carbocycles. The van der Waals surface area contributed by atoms with Gasteiger partial charge in [-0.2, -0.15) is 0 Å². The highest BCUT2D eigenvalue weighted by Gasteiger charge is 1.91. The number of rotatable bonds is 5. The maximum Gasteiger partial charge on any atom is 0.0822 e. The second-order valence-corrected chi connectivity index (χ2v) is 2.87. The lowest BCUT2D eigenvalue weighted by atomic mass is 10.1. The number of aromatic nitrogens is 1. The molecule has 0 saturated heterocycles. The molecule has 1 aromatic rings. The highest BCUT2D eigenvalue weighted by molar-refractivity contribution is 5.09. The van der Waals surface area contributed by atoms with Gasteiger partial charge in [-0.25, -0.2) is 5.11 Å². The minimum absolute atomic E-state index is 0.0658. The lowest BCUT2D eigenvalue weighted by Crippen LogP contribution is -1.87. The summed E-state index contributed by atoms with van der Waals surface area (Å²) in [6, 6.07) is 4.05. The van der Waals surface area contributed by atoms with Gasteiger partial charge in [0.25, 0.3) is 0 Å². The second-order valence-electron chi connectivity index (χ2n) is 2.87. The molecule has 1 radical (unpaired) electrons. The molecule has 65 valence electrons. The van der Waals surface area contributed by atoms with Crippen molar-refractivity contribution in [2.45, 2.75) is 25.7 Å². The standard InChI is InChI=1S/C10H14NO/c12-9-3-1-2-4-10-5-7-11-8-6-10/h5-8H,1-4,9H2. The quantitative estimate of drug-likeness (QED) is 0.614. The van der Waals surface area contributed by atoms with Crippen molar-refractivity contribution in [3.05, 3.63) is 30.1 Å². The van der Waals surface area contributed by atoms with Gasteiger partial charge < -0.3 is 0 Å². The summed E-state index contributed by atoms with van der Waals surface area (Å²) in [4.78, 5) is 3.94. The molecule has 2 nitrogen and oxygen atoms in total. The van der Waals surface area contributed by atoms with Crippen molar-refractivity contribution in [3.8, 4) is 0 Å². The van der Waals surface area contributed by atoms with Gasteiger partial charge in [0, 0.05) is 12.4 Å². The van der Waals surface area contributed by atoms with Crippen LogP contribution < -0.4 is 0 Å². The summed E-state index contributed by atoms with van der Waals surface area (Å²) in [6.07, 6.45) is 7.66. The summed E-state index contributed by atoms with van der Waals surface area (Å²) in [5.41, 5.74) is 1.32. The van der Waals surface area contributed by atoms with E-state index < -0.39 is 0 Å². The van der Waals surface area contributed by atoms with Crippen LogP contribution in [-0.4, -0.2) is 11.6 Å². The van der Waals surface area contributed by atoms with Gasteiger partial charge in [-0.15, -0.1) is 0 Å². The second kappa shape index (κ2) is 5.72. The third-order valence-electron chi connectivity index (χ3n) is 1.86. The topological polar surface area (TPSA) is 32.8 Å². The first-order valence-electron chi connectivity index (χ1n) is 4.40. The zero-order chi connectivity index (χ0) is 8.65. The summed E-state index contributed by atoms with van der Waals surface area (Å²) >= 11 is 0. The summed E-state index contributed by atoms with van der Waals surface area (Å²) in [5, 5.41) is 10.1. The molecule has 0 atom stereocenters. The predicted octanol–water partition coefficient (Wildman–Crippen LogP) is 2.22. The number of unbranched alkanes of at least 4 members (excludes halogenated alkanes) is 2. The fourth-order valence-electron chi connectivity index (χ4n) is 1.16. The van der Waals surface area contributed by atoms with E-state index in [9.17, 15) is 5.11 Å². The first kappa shape index (κ1) is 9.20. The minimum atomic E-state index is 0.0658. The van der Waals surface area contributed by atoms with E-state index in [4.69, 9.17) is 0 Å². The van der Waals surface area contributed by atoms with Gasteiger partial charge in [0.2, 0.25) is 0 Å². The Balaban J connectivity index is 2.16. The molecular formula is C10H14NO. The fourth-order valence-corrected chi connectivity index (χ4v) is 1.16. The van der Waals surface area contributed by atoms with E-state index in [1.54, 1.807) is 0 Å². The van der Waals surface area contributed by atoms with Crippen molar-refractivity contribution < 1.29 is 5.11 Å². The van der Waals surface area contributed by atoms with Gasteiger partial charge in [0.05, 0.1) is 6.61 Å². The largest absolute Gasteiger partial charge is 0.265 e. The van der Waals surface area contributed by atoms with E-state index in [2.05, 4.69) is 4.98 Å². The van der Waals surface area contributed by atoms with E-state index in [-0.39, 0.29) is 6.61 Å². The molecule has 1 rings (SSSR count). The van der Waals surface area contributed by atoms with E-state index in [0.29, 0.717) is 0 Å². The van der Waals surface area contributed by atoms with Crippen LogP contribution in [0.15, 0.2) is 24.5 Å². The van der Waals surface area contributed by atoms with Crippen LogP contribution in [0.4, 0.5) is 0 Å². The van der Waals surface area contributed by atoms with Crippen molar-refractivity contribution in [1.29, 1.82) is 0 Å². The fraction of sp³-hybridized carbons (Fsp3) is 0.500. The van der Waals surface area contributed by atoms with Crippen molar-refractivity contribution in [2.75, 3.05) is 6.61 Å². The monoisotopic (exact) mass is 164 g/mol. The van der Waals surface area contributed by atoms with Crippen LogP contribution >= 0.6 is 0 Å². The maximum absolute atomic E-state index is 10.1. The molecule has 0 N–H and O–H groups in total. The normalized spacial score (nSPS) is 10.1. The van der Waals surface area contributed by atoms with E-state index in [1.165, 1.54) is 5.56 Å². The Morgan fingerprint density at radius 1 is 1.08 bits per heavy atom. The molecule has 0 bridgehead atoms. The van der Waals surface area contributed by atoms with Crippen LogP contribution in [-0.2, 0) is 11.5 Å². The van der Waals surface area contributed by atoms with E-state index >= 15 is 0 Å². The van der Waals surface area contributed by atoms with Gasteiger partial charge in [0.15, 0.2) is 0 Å². The number of aryl methyl sites for hydroxylation is 1. The zero-order valence-electron chi connectivity index (χ0n) is 7.20. The van der Waals surface area contributed by atoms with Crippen molar-refractivity contribution >= 4 is 0 Å². The Kier molecular flexibility index (Phi) is 4.39. The van der Waals surface area contributed by atoms with Gasteiger partial charge in [-0.1, -0.05) is 6.42 Å². The van der Waals surface area contributed by atoms with Gasteiger partial charge >= 0.3 is 0 Å². The zero-order valence-corrected chi connectivity index (χ0v) is 7.20. The highest BCUT2D eigenvalue weighted by Crippen LogP contribution is 2.04. The van der Waals surface area contributed by atoms with E-state index in [1.807, 2.05) is 24.5 Å². The minimum Gasteiger partial charge on any atom is -0.265 e. The smallest absolute Gasteiger partial charge is 0.0822 e. The summed E-state index contributed by atoms with van der Waals surface area (Å²) in [6.45, 7) is 0.0658. The number of nitrogens with zero attached hydrogens (tertiary/aromatic N) is 1. The number of pyridine rings is 1. The Hall–Kier alpha value is -0.890. The van der Waals surface area contributed by atoms with Crippen LogP contribution in [0.5, 0.6) is 0 Å². The molecule has 0 spiro atoms.